The van der Waals surface area contributed by atoms with Crippen molar-refractivity contribution in [2.45, 2.75) is 6.61 Å². The van der Waals surface area contributed by atoms with Crippen LogP contribution >= 0.6 is 0 Å². The van der Waals surface area contributed by atoms with Crippen LogP contribution in [0.5, 0.6) is 5.75 Å². The van der Waals surface area contributed by atoms with E-state index in [-0.39, 0.29) is 0 Å². The van der Waals surface area contributed by atoms with E-state index in [2.05, 4.69) is 50.4 Å². The minimum Gasteiger partial charge on any atom is -0.496 e. The fourth-order valence-corrected chi connectivity index (χ4v) is 3.39. The molecule has 0 amide bonds. The van der Waals surface area contributed by atoms with E-state index in [0.29, 0.717) is 13.2 Å². The molecular formula is C22H30N4O2. The maximum absolute atomic E-state index is 5.80. The van der Waals surface area contributed by atoms with Gasteiger partial charge in [-0.1, -0.05) is 36.4 Å². The van der Waals surface area contributed by atoms with Crippen molar-refractivity contribution in [1.82, 2.24) is 10.2 Å². The molecule has 0 atom stereocenters. The Labute approximate surface area is 167 Å². The van der Waals surface area contributed by atoms with Gasteiger partial charge in [0.05, 0.1) is 20.3 Å². The van der Waals surface area contributed by atoms with Crippen molar-refractivity contribution in [2.24, 2.45) is 4.99 Å². The molecular weight excluding hydrogens is 352 g/mol. The van der Waals surface area contributed by atoms with Crippen LogP contribution in [0.4, 0.5) is 5.69 Å². The molecule has 3 rings (SSSR count). The average Bonchev–Trinajstić information content (AvgIpc) is 2.77. The molecule has 0 bridgehead atoms. The summed E-state index contributed by atoms with van der Waals surface area (Å²) < 4.78 is 11.1. The average molecular weight is 383 g/mol. The number of hydrogen-bond donors (Lipinski definition) is 1. The molecule has 1 aliphatic rings. The van der Waals surface area contributed by atoms with Crippen molar-refractivity contribution >= 4 is 11.6 Å². The Kier molecular flexibility index (Phi) is 7.55. The van der Waals surface area contributed by atoms with Crippen LogP contribution < -0.4 is 15.0 Å². The van der Waals surface area contributed by atoms with Gasteiger partial charge in [0.25, 0.3) is 0 Å². The van der Waals surface area contributed by atoms with Crippen LogP contribution in [0.1, 0.15) is 5.56 Å². The largest absolute Gasteiger partial charge is 0.496 e. The summed E-state index contributed by atoms with van der Waals surface area (Å²) in [6, 6.07) is 18.5. The summed E-state index contributed by atoms with van der Waals surface area (Å²) in [7, 11) is 3.52. The number of guanidine groups is 1. The molecule has 2 aromatic rings. The lowest BCUT2D eigenvalue weighted by Gasteiger charge is -2.37. The van der Waals surface area contributed by atoms with Crippen LogP contribution in [-0.2, 0) is 11.3 Å². The molecule has 0 aliphatic carbocycles. The summed E-state index contributed by atoms with van der Waals surface area (Å²) in [4.78, 5) is 9.15. The fourth-order valence-electron chi connectivity index (χ4n) is 3.39. The maximum atomic E-state index is 5.80. The Balaban J connectivity index is 1.38. The SMILES string of the molecule is CN=C(NCCOCc1ccccc1OC)N1CCN(c2ccccc2)CC1. The van der Waals surface area contributed by atoms with Gasteiger partial charge in [-0.3, -0.25) is 4.99 Å². The number of benzene rings is 2. The number of ether oxygens (including phenoxy) is 2. The summed E-state index contributed by atoms with van der Waals surface area (Å²) in [5, 5.41) is 3.41. The van der Waals surface area contributed by atoms with Crippen molar-refractivity contribution in [2.75, 3.05) is 58.4 Å². The maximum Gasteiger partial charge on any atom is 0.193 e. The van der Waals surface area contributed by atoms with Gasteiger partial charge in [-0.25, -0.2) is 0 Å². The quantitative estimate of drug-likeness (QED) is 0.453. The Morgan fingerprint density at radius 3 is 2.43 bits per heavy atom. The van der Waals surface area contributed by atoms with Gasteiger partial charge in [-0.15, -0.1) is 0 Å². The second kappa shape index (κ2) is 10.6. The zero-order valence-corrected chi connectivity index (χ0v) is 16.8. The lowest BCUT2D eigenvalue weighted by atomic mass is 10.2. The Morgan fingerprint density at radius 2 is 1.71 bits per heavy atom. The fraction of sp³-hybridized carbons (Fsp3) is 0.409. The summed E-state index contributed by atoms with van der Waals surface area (Å²) in [5.41, 5.74) is 2.35. The molecule has 6 heteroatoms. The highest BCUT2D eigenvalue weighted by molar-refractivity contribution is 5.80. The van der Waals surface area contributed by atoms with E-state index in [1.54, 1.807) is 7.11 Å². The van der Waals surface area contributed by atoms with Gasteiger partial charge in [0.1, 0.15) is 5.75 Å². The van der Waals surface area contributed by atoms with Crippen LogP contribution in [0.15, 0.2) is 59.6 Å². The highest BCUT2D eigenvalue weighted by Gasteiger charge is 2.19. The van der Waals surface area contributed by atoms with Crippen molar-refractivity contribution in [3.63, 3.8) is 0 Å². The zero-order valence-electron chi connectivity index (χ0n) is 16.8. The lowest BCUT2D eigenvalue weighted by Crippen LogP contribution is -2.53. The van der Waals surface area contributed by atoms with Gasteiger partial charge >= 0.3 is 0 Å². The van der Waals surface area contributed by atoms with Crippen LogP contribution in [-0.4, -0.2) is 64.3 Å². The molecule has 0 spiro atoms. The Bertz CT molecular complexity index is 743. The molecule has 0 saturated carbocycles. The molecule has 150 valence electrons. The van der Waals surface area contributed by atoms with Crippen LogP contribution in [0, 0.1) is 0 Å². The van der Waals surface area contributed by atoms with Crippen molar-refractivity contribution in [1.29, 1.82) is 0 Å². The number of hydrogen-bond acceptors (Lipinski definition) is 4. The predicted molar refractivity (Wildman–Crippen MR) is 114 cm³/mol. The Hall–Kier alpha value is -2.73. The van der Waals surface area contributed by atoms with Gasteiger partial charge in [0.2, 0.25) is 0 Å². The van der Waals surface area contributed by atoms with E-state index in [1.165, 1.54) is 5.69 Å². The van der Waals surface area contributed by atoms with Crippen molar-refractivity contribution in [3.8, 4) is 5.75 Å². The predicted octanol–water partition coefficient (Wildman–Crippen LogP) is 2.61. The molecule has 28 heavy (non-hydrogen) atoms. The molecule has 0 unspecified atom stereocenters. The standard InChI is InChI=1S/C22H30N4O2/c1-23-22(24-12-17-28-18-19-8-6-7-11-21(19)27-2)26-15-13-25(14-16-26)20-9-4-3-5-10-20/h3-11H,12-18H2,1-2H3,(H,23,24). The molecule has 1 heterocycles. The first-order valence-corrected chi connectivity index (χ1v) is 9.77. The molecule has 1 saturated heterocycles. The monoisotopic (exact) mass is 382 g/mol. The van der Waals surface area contributed by atoms with Gasteiger partial charge in [0, 0.05) is 51.0 Å². The molecule has 1 N–H and O–H groups in total. The van der Waals surface area contributed by atoms with Crippen LogP contribution in [0.2, 0.25) is 0 Å². The number of methoxy groups -OCH3 is 1. The third-order valence-corrected chi connectivity index (χ3v) is 4.89. The summed E-state index contributed by atoms with van der Waals surface area (Å²) in [6.45, 7) is 5.78. The number of rotatable bonds is 7. The van der Waals surface area contributed by atoms with E-state index in [9.17, 15) is 0 Å². The first-order chi connectivity index (χ1) is 13.8. The van der Waals surface area contributed by atoms with E-state index in [0.717, 1.165) is 50.0 Å². The highest BCUT2D eigenvalue weighted by atomic mass is 16.5. The summed E-state index contributed by atoms with van der Waals surface area (Å²) in [6.07, 6.45) is 0. The van der Waals surface area contributed by atoms with E-state index >= 15 is 0 Å². The van der Waals surface area contributed by atoms with Gasteiger partial charge in [0.15, 0.2) is 5.96 Å². The van der Waals surface area contributed by atoms with Gasteiger partial charge in [-0.2, -0.15) is 0 Å². The molecule has 1 aliphatic heterocycles. The normalized spacial score (nSPS) is 14.9. The van der Waals surface area contributed by atoms with Gasteiger partial charge < -0.3 is 24.6 Å². The third-order valence-electron chi connectivity index (χ3n) is 4.89. The number of nitrogens with zero attached hydrogens (tertiary/aromatic N) is 3. The number of para-hydroxylation sites is 2. The molecule has 6 nitrogen and oxygen atoms in total. The second-order valence-electron chi connectivity index (χ2n) is 6.65. The summed E-state index contributed by atoms with van der Waals surface area (Å²) in [5.74, 6) is 1.80. The zero-order chi connectivity index (χ0) is 19.6. The number of piperazine rings is 1. The van der Waals surface area contributed by atoms with Crippen molar-refractivity contribution in [3.05, 3.63) is 60.2 Å². The third kappa shape index (κ3) is 5.39. The first kappa shape index (κ1) is 20.0. The first-order valence-electron chi connectivity index (χ1n) is 9.77. The number of nitrogens with one attached hydrogen (secondary N) is 1. The minimum absolute atomic E-state index is 0.542. The lowest BCUT2D eigenvalue weighted by molar-refractivity contribution is 0.123. The molecule has 1 fully saturated rings. The highest BCUT2D eigenvalue weighted by Crippen LogP contribution is 2.18. The smallest absolute Gasteiger partial charge is 0.193 e. The number of anilines is 1. The molecule has 2 aromatic carbocycles. The molecule has 0 radical (unpaired) electrons. The van der Waals surface area contributed by atoms with Gasteiger partial charge in [-0.05, 0) is 18.2 Å². The minimum atomic E-state index is 0.542. The van der Waals surface area contributed by atoms with E-state index in [4.69, 9.17) is 9.47 Å². The van der Waals surface area contributed by atoms with E-state index < -0.39 is 0 Å². The topological polar surface area (TPSA) is 49.3 Å². The molecule has 0 aromatic heterocycles. The Morgan fingerprint density at radius 1 is 1.00 bits per heavy atom. The second-order valence-corrected chi connectivity index (χ2v) is 6.65. The van der Waals surface area contributed by atoms with Crippen molar-refractivity contribution < 1.29 is 9.47 Å². The summed E-state index contributed by atoms with van der Waals surface area (Å²) >= 11 is 0. The van der Waals surface area contributed by atoms with Crippen LogP contribution in [0.25, 0.3) is 0 Å². The van der Waals surface area contributed by atoms with Crippen LogP contribution in [0.3, 0.4) is 0 Å². The number of aliphatic imine (C=N–C) groups is 1. The van der Waals surface area contributed by atoms with E-state index in [1.807, 2.05) is 31.3 Å².